The Labute approximate surface area is 145 Å². The van der Waals surface area contributed by atoms with Gasteiger partial charge in [-0.25, -0.2) is 22.5 Å². The molecule has 25 heavy (non-hydrogen) atoms. The molecule has 9 heteroatoms. The number of carboxylic acid groups (broad SMARTS) is 1. The molecule has 1 saturated heterocycles. The van der Waals surface area contributed by atoms with Gasteiger partial charge in [0.2, 0.25) is 10.0 Å². The van der Waals surface area contributed by atoms with E-state index in [1.165, 1.54) is 22.8 Å². The zero-order chi connectivity index (χ0) is 18.0. The molecule has 0 aliphatic carbocycles. The normalized spacial score (nSPS) is 18.4. The first-order chi connectivity index (χ1) is 11.8. The molecule has 0 spiro atoms. The molecule has 3 heterocycles. The van der Waals surface area contributed by atoms with Gasteiger partial charge in [0.15, 0.2) is 0 Å². The fourth-order valence-electron chi connectivity index (χ4n) is 2.90. The summed E-state index contributed by atoms with van der Waals surface area (Å²) in [6, 6.07) is 1.50. The van der Waals surface area contributed by atoms with Crippen LogP contribution in [-0.4, -0.2) is 58.1 Å². The molecule has 0 amide bonds. The van der Waals surface area contributed by atoms with E-state index < -0.39 is 16.0 Å². The van der Waals surface area contributed by atoms with E-state index in [4.69, 9.17) is 5.11 Å². The smallest absolute Gasteiger partial charge is 0.337 e. The SMILES string of the molecule is CS(=O)(=O)N1CCC(Cc2cncc(-c3cncc(C(=O)O)c3)n2)C1. The van der Waals surface area contributed by atoms with Crippen LogP contribution in [0, 0.1) is 5.92 Å². The molecule has 1 aliphatic rings. The molecule has 0 bridgehead atoms. The van der Waals surface area contributed by atoms with Crippen molar-refractivity contribution in [2.24, 2.45) is 5.92 Å². The molecular formula is C16H18N4O4S. The highest BCUT2D eigenvalue weighted by Gasteiger charge is 2.28. The van der Waals surface area contributed by atoms with Gasteiger partial charge in [0.05, 0.1) is 29.4 Å². The van der Waals surface area contributed by atoms with Crippen molar-refractivity contribution < 1.29 is 18.3 Å². The van der Waals surface area contributed by atoms with Crippen LogP contribution in [-0.2, 0) is 16.4 Å². The Balaban J connectivity index is 1.77. The standard InChI is InChI=1S/C16H18N4O4S/c1-25(23,24)20-3-2-11(10-20)4-14-8-18-9-15(19-14)12-5-13(16(21)22)7-17-6-12/h5-9,11H,2-4,10H2,1H3,(H,21,22). The van der Waals surface area contributed by atoms with Crippen LogP contribution in [0.3, 0.4) is 0 Å². The summed E-state index contributed by atoms with van der Waals surface area (Å²) in [7, 11) is -3.16. The van der Waals surface area contributed by atoms with E-state index in [9.17, 15) is 13.2 Å². The molecule has 0 radical (unpaired) electrons. The van der Waals surface area contributed by atoms with Crippen LogP contribution >= 0.6 is 0 Å². The minimum atomic E-state index is -3.16. The summed E-state index contributed by atoms with van der Waals surface area (Å²) >= 11 is 0. The van der Waals surface area contributed by atoms with E-state index >= 15 is 0 Å². The Bertz CT molecular complexity index is 901. The summed E-state index contributed by atoms with van der Waals surface area (Å²) in [5.74, 6) is -0.854. The lowest BCUT2D eigenvalue weighted by molar-refractivity contribution is 0.0696. The zero-order valence-corrected chi connectivity index (χ0v) is 14.5. The maximum Gasteiger partial charge on any atom is 0.337 e. The van der Waals surface area contributed by atoms with E-state index in [2.05, 4.69) is 15.0 Å². The van der Waals surface area contributed by atoms with E-state index in [-0.39, 0.29) is 11.5 Å². The monoisotopic (exact) mass is 362 g/mol. The fraction of sp³-hybridized carbons (Fsp3) is 0.375. The lowest BCUT2D eigenvalue weighted by atomic mass is 10.0. The van der Waals surface area contributed by atoms with Gasteiger partial charge < -0.3 is 5.11 Å². The Kier molecular flexibility index (Phi) is 4.78. The molecule has 2 aromatic heterocycles. The van der Waals surface area contributed by atoms with Crippen LogP contribution in [0.15, 0.2) is 30.9 Å². The fourth-order valence-corrected chi connectivity index (χ4v) is 3.82. The van der Waals surface area contributed by atoms with Crippen LogP contribution < -0.4 is 0 Å². The van der Waals surface area contributed by atoms with Gasteiger partial charge in [0.25, 0.3) is 0 Å². The Morgan fingerprint density at radius 2 is 2.04 bits per heavy atom. The average Bonchev–Trinajstić information content (AvgIpc) is 3.04. The van der Waals surface area contributed by atoms with E-state index in [1.807, 2.05) is 0 Å². The molecule has 0 aromatic carbocycles. The first-order valence-electron chi connectivity index (χ1n) is 7.77. The van der Waals surface area contributed by atoms with Crippen molar-refractivity contribution in [3.05, 3.63) is 42.1 Å². The topological polar surface area (TPSA) is 113 Å². The number of nitrogens with zero attached hydrogens (tertiary/aromatic N) is 4. The molecule has 1 fully saturated rings. The van der Waals surface area contributed by atoms with Crippen LogP contribution in [0.25, 0.3) is 11.3 Å². The number of rotatable bonds is 5. The van der Waals surface area contributed by atoms with Crippen molar-refractivity contribution >= 4 is 16.0 Å². The second-order valence-corrected chi connectivity index (χ2v) is 8.13. The van der Waals surface area contributed by atoms with Crippen molar-refractivity contribution in [2.75, 3.05) is 19.3 Å². The van der Waals surface area contributed by atoms with Gasteiger partial charge in [-0.15, -0.1) is 0 Å². The average molecular weight is 362 g/mol. The van der Waals surface area contributed by atoms with Gasteiger partial charge in [0, 0.05) is 37.2 Å². The molecule has 0 saturated carbocycles. The lowest BCUT2D eigenvalue weighted by Crippen LogP contribution is -2.27. The Morgan fingerprint density at radius 3 is 2.72 bits per heavy atom. The molecule has 1 N–H and O–H groups in total. The largest absolute Gasteiger partial charge is 0.478 e. The first-order valence-corrected chi connectivity index (χ1v) is 9.62. The molecule has 3 rings (SSSR count). The third kappa shape index (κ3) is 4.18. The zero-order valence-electron chi connectivity index (χ0n) is 13.7. The van der Waals surface area contributed by atoms with Gasteiger partial charge in [-0.2, -0.15) is 0 Å². The summed E-state index contributed by atoms with van der Waals surface area (Å²) in [6.07, 6.45) is 8.67. The first kappa shape index (κ1) is 17.4. The van der Waals surface area contributed by atoms with E-state index in [1.54, 1.807) is 18.6 Å². The highest BCUT2D eigenvalue weighted by atomic mass is 32.2. The minimum Gasteiger partial charge on any atom is -0.478 e. The number of pyridine rings is 1. The number of carbonyl (C=O) groups is 1. The predicted molar refractivity (Wildman–Crippen MR) is 90.5 cm³/mol. The maximum absolute atomic E-state index is 11.6. The quantitative estimate of drug-likeness (QED) is 0.846. The summed E-state index contributed by atoms with van der Waals surface area (Å²) in [5.41, 5.74) is 1.97. The number of hydrogen-bond acceptors (Lipinski definition) is 6. The number of sulfonamides is 1. The number of carboxylic acids is 1. The summed E-state index contributed by atoms with van der Waals surface area (Å²) in [6.45, 7) is 1.02. The molecule has 1 aliphatic heterocycles. The van der Waals surface area contributed by atoms with Gasteiger partial charge in [0.1, 0.15) is 0 Å². The molecule has 1 unspecified atom stereocenters. The Hall–Kier alpha value is -2.39. The maximum atomic E-state index is 11.6. The highest BCUT2D eigenvalue weighted by Crippen LogP contribution is 2.23. The van der Waals surface area contributed by atoms with Gasteiger partial charge in [-0.3, -0.25) is 9.97 Å². The van der Waals surface area contributed by atoms with Crippen LogP contribution in [0.2, 0.25) is 0 Å². The summed E-state index contributed by atoms with van der Waals surface area (Å²) < 4.78 is 24.7. The van der Waals surface area contributed by atoms with Crippen molar-refractivity contribution in [2.45, 2.75) is 12.8 Å². The number of aromatic carboxylic acids is 1. The number of hydrogen-bond donors (Lipinski definition) is 1. The predicted octanol–water partition coefficient (Wildman–Crippen LogP) is 1.06. The third-order valence-electron chi connectivity index (χ3n) is 4.18. The molecule has 2 aromatic rings. The van der Waals surface area contributed by atoms with Gasteiger partial charge >= 0.3 is 5.97 Å². The van der Waals surface area contributed by atoms with Crippen LogP contribution in [0.5, 0.6) is 0 Å². The molecule has 1 atom stereocenters. The van der Waals surface area contributed by atoms with Gasteiger partial charge in [-0.05, 0) is 24.8 Å². The van der Waals surface area contributed by atoms with E-state index in [0.717, 1.165) is 12.1 Å². The summed E-state index contributed by atoms with van der Waals surface area (Å²) in [4.78, 5) is 23.7. The van der Waals surface area contributed by atoms with Gasteiger partial charge in [-0.1, -0.05) is 0 Å². The van der Waals surface area contributed by atoms with Crippen molar-refractivity contribution in [3.8, 4) is 11.3 Å². The van der Waals surface area contributed by atoms with Crippen LogP contribution in [0.4, 0.5) is 0 Å². The highest BCUT2D eigenvalue weighted by molar-refractivity contribution is 7.88. The lowest BCUT2D eigenvalue weighted by Gasteiger charge is -2.13. The summed E-state index contributed by atoms with van der Waals surface area (Å²) in [5, 5.41) is 9.06. The molecule has 8 nitrogen and oxygen atoms in total. The minimum absolute atomic E-state index is 0.0873. The molecular weight excluding hydrogens is 344 g/mol. The second-order valence-electron chi connectivity index (χ2n) is 6.14. The second kappa shape index (κ2) is 6.85. The van der Waals surface area contributed by atoms with Crippen molar-refractivity contribution in [1.29, 1.82) is 0 Å². The number of aromatic nitrogens is 3. The van der Waals surface area contributed by atoms with Crippen molar-refractivity contribution in [1.82, 2.24) is 19.3 Å². The van der Waals surface area contributed by atoms with Crippen LogP contribution in [0.1, 0.15) is 22.5 Å². The van der Waals surface area contributed by atoms with E-state index in [0.29, 0.717) is 30.8 Å². The third-order valence-corrected chi connectivity index (χ3v) is 5.45. The molecule has 132 valence electrons. The van der Waals surface area contributed by atoms with Crippen molar-refractivity contribution in [3.63, 3.8) is 0 Å². The Morgan fingerprint density at radius 1 is 1.28 bits per heavy atom.